The van der Waals surface area contributed by atoms with Crippen molar-refractivity contribution >= 4 is 103 Å². The van der Waals surface area contributed by atoms with Gasteiger partial charge in [-0.25, -0.2) is 44.3 Å². The average Bonchev–Trinajstić information content (AvgIpc) is 1.72. The standard InChI is InChI=1S/C19H19ClF3N5O.C19H19F3N6O.C18H16F4N6O.C18H17F3N6O.8H2/c1-10(2)16(18(29)26-9-19(21,22)23)27-15-5-6-24-17(28-15)13-8-25-14-4-3-11(20)7-12(13)14;1-11(2)16(18(29)26-10-19(20,21)22)27-15-5-6-25-17(28-15)12-3-4-13-14(9-12)24-8-7-23-13;1-17(2,16(29)26-9-18(20,21)22)28-15-11(19)8-25-14(27-15)10-3-4-12-13(7-10)24-6-5-23-12;1-17(2,16(28)25-10-18(19,20)21)27-14-5-6-24-15(26-14)11-3-4-12-13(9-11)23-8-7-22-12;;;;;;;;/h3-8,10,16,25H,9H2,1-2H3,(H,26,29)(H,24,27,28);3-9,11,16H,10H2,1-2H3,(H,26,29)(H,25,27,28);3-8H,9H2,1-2H3,(H,26,29)(H,25,27,28);3-9H,10H2,1-2H3,(H,25,28)(H,24,26,27);8*1H/t2*16-;;;;;;;;;;/m11........../s1. The van der Waals surface area contributed by atoms with E-state index < -0.39 is 103 Å². The molecule has 115 heavy (non-hydrogen) atoms. The Balaban J connectivity index is 0.000000803. The molecule has 0 fully saturated rings. The van der Waals surface area contributed by atoms with Gasteiger partial charge in [-0.2, -0.15) is 52.7 Å². The van der Waals surface area contributed by atoms with E-state index in [0.29, 0.717) is 84.3 Å². The van der Waals surface area contributed by atoms with Gasteiger partial charge < -0.3 is 47.5 Å². The van der Waals surface area contributed by atoms with E-state index in [1.165, 1.54) is 58.5 Å². The van der Waals surface area contributed by atoms with Gasteiger partial charge in [0.15, 0.2) is 34.9 Å². The quantitative estimate of drug-likeness (QED) is 0.0285. The largest absolute Gasteiger partial charge is 0.405 e. The maximum absolute atomic E-state index is 14.2. The molecule has 0 aliphatic rings. The van der Waals surface area contributed by atoms with Crippen molar-refractivity contribution < 1.29 is 87.7 Å². The van der Waals surface area contributed by atoms with Gasteiger partial charge in [0.1, 0.15) is 66.8 Å². The summed E-state index contributed by atoms with van der Waals surface area (Å²) in [5, 5.41) is 20.0. The monoisotopic (exact) mass is 1640 g/mol. The molecule has 4 amide bonds. The van der Waals surface area contributed by atoms with E-state index in [2.05, 4.69) is 96.0 Å². The van der Waals surface area contributed by atoms with Crippen LogP contribution in [-0.4, -0.2) is 172 Å². The fourth-order valence-corrected chi connectivity index (χ4v) is 10.6. The SMILES string of the molecule is CC(C)(Nc1ccnc(-c2ccc3nccnc3c2)n1)C(=O)NCC(F)(F)F.CC(C)(Nc1nc(-c2ccc3nccnc3c2)ncc1F)C(=O)NCC(F)(F)F.CC(C)[C@@H](Nc1ccnc(-c2c[nH]c3ccc(Cl)cc23)n1)C(=O)NCC(F)(F)F.CC(C)[C@@H](Nc1ccnc(-c2ccc3nccnc3c2)n1)C(=O)NCC(F)(F)F.[HH].[HH].[HH].[HH].[HH].[HH].[HH].[HH]. The highest BCUT2D eigenvalue weighted by Crippen LogP contribution is 2.31. The first-order chi connectivity index (χ1) is 54.1. The summed E-state index contributed by atoms with van der Waals surface area (Å²) < 4.78 is 163. The molecular weight excluding hydrogens is 1560 g/mol. The molecule has 620 valence electrons. The van der Waals surface area contributed by atoms with Gasteiger partial charge >= 0.3 is 24.7 Å². The van der Waals surface area contributed by atoms with Crippen LogP contribution in [0.15, 0.2) is 159 Å². The number of carbonyl (C=O) groups excluding carboxylic acids is 4. The number of hydrogen-bond acceptors (Lipinski definition) is 22. The Morgan fingerprint density at radius 2 is 0.783 bits per heavy atom. The van der Waals surface area contributed by atoms with Gasteiger partial charge in [-0.15, -0.1) is 0 Å². The number of anilines is 4. The van der Waals surface area contributed by atoms with Gasteiger partial charge in [-0.05, 0) is 131 Å². The molecule has 2 atom stereocenters. The minimum Gasteiger partial charge on any atom is -0.360 e. The Labute approximate surface area is 662 Å². The number of H-pyrrole nitrogens is 1. The lowest BCUT2D eigenvalue weighted by Gasteiger charge is -2.26. The van der Waals surface area contributed by atoms with Crippen LogP contribution in [0, 0.1) is 17.7 Å². The van der Waals surface area contributed by atoms with Gasteiger partial charge in [0.25, 0.3) is 0 Å². The molecule has 27 nitrogen and oxygen atoms in total. The second kappa shape index (κ2) is 36.8. The zero-order valence-electron chi connectivity index (χ0n) is 61.8. The summed E-state index contributed by atoms with van der Waals surface area (Å²) in [7, 11) is 0. The molecule has 0 spiro atoms. The predicted octanol–water partition coefficient (Wildman–Crippen LogP) is 15.6. The second-order valence-corrected chi connectivity index (χ2v) is 27.3. The Kier molecular flexibility index (Phi) is 27.6. The molecule has 8 heterocycles. The van der Waals surface area contributed by atoms with Gasteiger partial charge in [-0.1, -0.05) is 39.3 Å². The van der Waals surface area contributed by atoms with Crippen LogP contribution >= 0.6 is 11.6 Å². The van der Waals surface area contributed by atoms with E-state index in [1.807, 2.05) is 22.0 Å². The number of nitrogens with one attached hydrogen (secondary N) is 9. The smallest absolute Gasteiger partial charge is 0.360 e. The lowest BCUT2D eigenvalue weighted by molar-refractivity contribution is -0.140. The molecule has 12 rings (SSSR count). The molecule has 0 bridgehead atoms. The number of benzene rings is 4. The fraction of sp³-hybridized carbons (Fsp3) is 0.297. The maximum atomic E-state index is 14.2. The average molecular weight is 1650 g/mol. The predicted molar refractivity (Wildman–Crippen MR) is 419 cm³/mol. The molecule has 0 saturated carbocycles. The molecule has 4 aromatic carbocycles. The topological polar surface area (TPSA) is 361 Å². The number of aromatic nitrogens is 15. The number of aromatic amines is 1. The normalized spacial score (nSPS) is 12.5. The third-order valence-electron chi connectivity index (χ3n) is 16.1. The Morgan fingerprint density at radius 1 is 0.417 bits per heavy atom. The van der Waals surface area contributed by atoms with E-state index in [0.717, 1.165) is 28.1 Å². The summed E-state index contributed by atoms with van der Waals surface area (Å²) in [5.41, 5.74) is 4.66. The van der Waals surface area contributed by atoms with Crippen molar-refractivity contribution in [1.29, 1.82) is 0 Å². The minimum absolute atomic E-state index is 0. The molecule has 9 N–H and O–H groups in total. The molecule has 0 unspecified atom stereocenters. The lowest BCUT2D eigenvalue weighted by Crippen LogP contribution is -2.50. The zero-order chi connectivity index (χ0) is 83.8. The third kappa shape index (κ3) is 25.4. The van der Waals surface area contributed by atoms with Crippen molar-refractivity contribution in [2.45, 2.75) is 103 Å². The van der Waals surface area contributed by atoms with Crippen molar-refractivity contribution in [2.24, 2.45) is 11.8 Å². The fourth-order valence-electron chi connectivity index (χ4n) is 10.4. The van der Waals surface area contributed by atoms with Crippen LogP contribution in [0.3, 0.4) is 0 Å². The van der Waals surface area contributed by atoms with Crippen LogP contribution in [-0.2, 0) is 19.2 Å². The summed E-state index contributed by atoms with van der Waals surface area (Å²) in [4.78, 5) is 111. The molecule has 0 aliphatic heterocycles. The molecule has 8 aromatic heterocycles. The van der Waals surface area contributed by atoms with E-state index in [1.54, 1.807) is 149 Å². The van der Waals surface area contributed by atoms with E-state index in [9.17, 15) is 76.3 Å². The second-order valence-electron chi connectivity index (χ2n) is 26.9. The Hall–Kier alpha value is -12.8. The van der Waals surface area contributed by atoms with Crippen LogP contribution in [0.2, 0.25) is 5.02 Å². The van der Waals surface area contributed by atoms with E-state index >= 15 is 0 Å². The highest BCUT2D eigenvalue weighted by atomic mass is 35.5. The number of hydrogen-bond donors (Lipinski definition) is 9. The Bertz CT molecular complexity index is 5450. The summed E-state index contributed by atoms with van der Waals surface area (Å²) in [6, 6.07) is 24.0. The van der Waals surface area contributed by atoms with Crippen LogP contribution in [0.5, 0.6) is 0 Å². The summed E-state index contributed by atoms with van der Waals surface area (Å²) in [6.45, 7) is 6.81. The molecular formula is C74H87ClF13N23O4. The van der Waals surface area contributed by atoms with Crippen molar-refractivity contribution in [3.8, 4) is 45.6 Å². The molecule has 0 aliphatic carbocycles. The first-order valence-corrected chi connectivity index (χ1v) is 34.8. The van der Waals surface area contributed by atoms with Crippen molar-refractivity contribution in [1.82, 2.24) is 96.0 Å². The number of halogens is 14. The summed E-state index contributed by atoms with van der Waals surface area (Å²) >= 11 is 6.07. The zero-order valence-corrected chi connectivity index (χ0v) is 62.6. The van der Waals surface area contributed by atoms with Crippen LogP contribution in [0.4, 0.5) is 80.3 Å². The third-order valence-corrected chi connectivity index (χ3v) is 16.3. The van der Waals surface area contributed by atoms with Gasteiger partial charge in [0, 0.05) is 112 Å². The number of nitrogens with zero attached hydrogens (tertiary/aromatic N) is 14. The van der Waals surface area contributed by atoms with Gasteiger partial charge in [-0.3, -0.25) is 49.1 Å². The number of alkyl halides is 12. The first kappa shape index (κ1) is 86.2. The number of rotatable bonds is 22. The number of fused-ring (bicyclic) bond motifs is 4. The molecule has 41 heteroatoms. The minimum atomic E-state index is -4.56. The number of carbonyl (C=O) groups is 4. The highest BCUT2D eigenvalue weighted by molar-refractivity contribution is 6.31. The highest BCUT2D eigenvalue weighted by Gasteiger charge is 2.37. The van der Waals surface area contributed by atoms with E-state index in [-0.39, 0.29) is 34.9 Å². The van der Waals surface area contributed by atoms with Crippen molar-refractivity contribution in [3.05, 3.63) is 170 Å². The van der Waals surface area contributed by atoms with Crippen LogP contribution in [0.1, 0.15) is 66.8 Å². The maximum Gasteiger partial charge on any atom is 0.405 e. The van der Waals surface area contributed by atoms with Gasteiger partial charge in [0.2, 0.25) is 23.6 Å². The first-order valence-electron chi connectivity index (χ1n) is 34.5. The van der Waals surface area contributed by atoms with Gasteiger partial charge in [0.05, 0.1) is 39.3 Å². The van der Waals surface area contributed by atoms with Crippen molar-refractivity contribution in [3.63, 3.8) is 0 Å². The van der Waals surface area contributed by atoms with Crippen LogP contribution in [0.25, 0.3) is 89.6 Å². The van der Waals surface area contributed by atoms with Crippen LogP contribution < -0.4 is 42.5 Å². The summed E-state index contributed by atoms with van der Waals surface area (Å²) in [5.74, 6) is -2.71. The molecule has 0 radical (unpaired) electrons. The summed E-state index contributed by atoms with van der Waals surface area (Å²) in [6.07, 6.45) is -1.40. The Morgan fingerprint density at radius 3 is 1.20 bits per heavy atom. The van der Waals surface area contributed by atoms with Crippen molar-refractivity contribution in [2.75, 3.05) is 47.4 Å². The molecule has 12 aromatic rings. The number of amides is 4. The van der Waals surface area contributed by atoms with E-state index in [4.69, 9.17) is 11.6 Å². The molecule has 0 saturated heterocycles. The lowest BCUT2D eigenvalue weighted by atomic mass is 10.0.